The van der Waals surface area contributed by atoms with Crippen LogP contribution in [0.5, 0.6) is 0 Å². The molecule has 0 saturated heterocycles. The van der Waals surface area contributed by atoms with Gasteiger partial charge in [-0.05, 0) is 0 Å². The van der Waals surface area contributed by atoms with Crippen LogP contribution in [0.3, 0.4) is 0 Å². The van der Waals surface area contributed by atoms with Crippen molar-refractivity contribution < 1.29 is 0 Å². The maximum absolute atomic E-state index is 5.16. The third kappa shape index (κ3) is 11.9. The first-order valence-electron chi connectivity index (χ1n) is 5.07. The molecule has 0 amide bonds. The van der Waals surface area contributed by atoms with Crippen molar-refractivity contribution in [3.05, 3.63) is 98.2 Å². The molecule has 0 heteroatoms. The zero-order valence-electron chi connectivity index (χ0n) is 9.37. The standard InChI is InChI=1S/C16H17/c1-3-5-7-9-11-13-15-16-14-12-10-8-6-4-2/h1,3-16H,2H2. The van der Waals surface area contributed by atoms with Crippen LogP contribution in [0.4, 0.5) is 0 Å². The fourth-order valence-corrected chi connectivity index (χ4v) is 0.784. The lowest BCUT2D eigenvalue weighted by Crippen LogP contribution is -1.52. The van der Waals surface area contributed by atoms with Crippen molar-refractivity contribution >= 4 is 0 Å². The summed E-state index contributed by atoms with van der Waals surface area (Å²) in [6.07, 6.45) is 26.3. The van der Waals surface area contributed by atoms with Gasteiger partial charge in [-0.3, -0.25) is 0 Å². The Bertz CT molecular complexity index is 308. The normalized spacial score (nSPS) is 13.2. The van der Waals surface area contributed by atoms with Gasteiger partial charge < -0.3 is 0 Å². The van der Waals surface area contributed by atoms with Crippen molar-refractivity contribution in [2.45, 2.75) is 0 Å². The molecule has 0 aliphatic carbocycles. The molecule has 0 atom stereocenters. The summed E-state index contributed by atoms with van der Waals surface area (Å²) < 4.78 is 0. The van der Waals surface area contributed by atoms with Gasteiger partial charge in [-0.15, -0.1) is 0 Å². The fraction of sp³-hybridized carbons (Fsp3) is 0. The maximum Gasteiger partial charge on any atom is -0.0623 e. The molecular formula is C16H17. The van der Waals surface area contributed by atoms with Crippen molar-refractivity contribution in [2.75, 3.05) is 0 Å². The Morgan fingerprint density at radius 1 is 0.500 bits per heavy atom. The van der Waals surface area contributed by atoms with E-state index in [0.29, 0.717) is 0 Å². The van der Waals surface area contributed by atoms with E-state index in [1.807, 2.05) is 66.8 Å². The maximum atomic E-state index is 5.16. The Morgan fingerprint density at radius 3 is 1.12 bits per heavy atom. The van der Waals surface area contributed by atoms with Crippen LogP contribution < -0.4 is 0 Å². The Labute approximate surface area is 98.7 Å². The SMILES string of the molecule is [CH]=CC=CC=CC=CC=CC=CC=CC=C. The Morgan fingerprint density at radius 2 is 0.812 bits per heavy atom. The number of hydrogen-bond acceptors (Lipinski definition) is 0. The van der Waals surface area contributed by atoms with Gasteiger partial charge in [0.1, 0.15) is 0 Å². The van der Waals surface area contributed by atoms with E-state index in [1.165, 1.54) is 6.08 Å². The summed E-state index contributed by atoms with van der Waals surface area (Å²) in [6.45, 7) is 8.74. The van der Waals surface area contributed by atoms with Crippen LogP contribution in [0.1, 0.15) is 0 Å². The van der Waals surface area contributed by atoms with Gasteiger partial charge in [-0.2, -0.15) is 0 Å². The van der Waals surface area contributed by atoms with Crippen LogP contribution in [0.2, 0.25) is 0 Å². The van der Waals surface area contributed by atoms with Crippen molar-refractivity contribution in [3.63, 3.8) is 0 Å². The molecule has 0 heterocycles. The highest BCUT2D eigenvalue weighted by molar-refractivity contribution is 5.20. The number of hydrogen-bond donors (Lipinski definition) is 0. The monoisotopic (exact) mass is 209 g/mol. The molecule has 0 saturated carbocycles. The second kappa shape index (κ2) is 12.9. The van der Waals surface area contributed by atoms with Gasteiger partial charge in [0, 0.05) is 0 Å². The number of rotatable bonds is 7. The topological polar surface area (TPSA) is 0 Å². The van der Waals surface area contributed by atoms with Gasteiger partial charge >= 0.3 is 0 Å². The Hall–Kier alpha value is -2.08. The summed E-state index contributed by atoms with van der Waals surface area (Å²) in [4.78, 5) is 0. The Kier molecular flexibility index (Phi) is 11.2. The van der Waals surface area contributed by atoms with Crippen LogP contribution in [0.25, 0.3) is 0 Å². The largest absolute Gasteiger partial charge is 0.0991 e. The molecule has 16 heavy (non-hydrogen) atoms. The molecule has 81 valence electrons. The molecule has 0 N–H and O–H groups in total. The van der Waals surface area contributed by atoms with E-state index in [0.717, 1.165) is 0 Å². The van der Waals surface area contributed by atoms with Crippen LogP contribution in [0.15, 0.2) is 91.6 Å². The first-order valence-corrected chi connectivity index (χ1v) is 5.07. The van der Waals surface area contributed by atoms with E-state index in [4.69, 9.17) is 6.58 Å². The second-order valence-corrected chi connectivity index (χ2v) is 2.74. The molecule has 1 radical (unpaired) electrons. The van der Waals surface area contributed by atoms with E-state index < -0.39 is 0 Å². The zero-order valence-corrected chi connectivity index (χ0v) is 9.37. The van der Waals surface area contributed by atoms with Gasteiger partial charge in [0.25, 0.3) is 0 Å². The second-order valence-electron chi connectivity index (χ2n) is 2.74. The highest BCUT2D eigenvalue weighted by atomic mass is 13.7. The minimum Gasteiger partial charge on any atom is -0.0991 e. The summed E-state index contributed by atoms with van der Waals surface area (Å²) in [5.74, 6) is 0. The smallest absolute Gasteiger partial charge is 0.0623 e. The van der Waals surface area contributed by atoms with E-state index >= 15 is 0 Å². The lowest BCUT2D eigenvalue weighted by molar-refractivity contribution is 1.83. The van der Waals surface area contributed by atoms with E-state index in [2.05, 4.69) is 6.58 Å². The Balaban J connectivity index is 3.78. The minimum absolute atomic E-state index is 1.50. The molecule has 0 spiro atoms. The van der Waals surface area contributed by atoms with Crippen molar-refractivity contribution in [1.29, 1.82) is 0 Å². The minimum atomic E-state index is 1.50. The predicted octanol–water partition coefficient (Wildman–Crippen LogP) is 4.50. The van der Waals surface area contributed by atoms with E-state index in [9.17, 15) is 0 Å². The molecular weight excluding hydrogens is 192 g/mol. The van der Waals surface area contributed by atoms with Crippen LogP contribution >= 0.6 is 0 Å². The van der Waals surface area contributed by atoms with Gasteiger partial charge in [0.05, 0.1) is 0 Å². The third-order valence-corrected chi connectivity index (χ3v) is 1.47. The fourth-order valence-electron chi connectivity index (χ4n) is 0.784. The van der Waals surface area contributed by atoms with Crippen LogP contribution in [-0.4, -0.2) is 0 Å². The molecule has 0 aliphatic rings. The van der Waals surface area contributed by atoms with Crippen molar-refractivity contribution in [1.82, 2.24) is 0 Å². The van der Waals surface area contributed by atoms with Crippen LogP contribution in [-0.2, 0) is 0 Å². The summed E-state index contributed by atoms with van der Waals surface area (Å²) in [5, 5.41) is 0. The highest BCUT2D eigenvalue weighted by Crippen LogP contribution is 1.84. The summed E-state index contributed by atoms with van der Waals surface area (Å²) in [5.41, 5.74) is 0. The van der Waals surface area contributed by atoms with E-state index in [1.54, 1.807) is 12.2 Å². The molecule has 0 fully saturated rings. The molecule has 0 aromatic heterocycles. The zero-order chi connectivity index (χ0) is 11.9. The molecule has 0 aromatic rings. The highest BCUT2D eigenvalue weighted by Gasteiger charge is 1.63. The molecule has 0 bridgehead atoms. The van der Waals surface area contributed by atoms with Gasteiger partial charge in [-0.25, -0.2) is 0 Å². The quantitative estimate of drug-likeness (QED) is 0.542. The van der Waals surface area contributed by atoms with Crippen molar-refractivity contribution in [2.24, 2.45) is 0 Å². The molecule has 0 aliphatic heterocycles. The van der Waals surface area contributed by atoms with Gasteiger partial charge in [0.15, 0.2) is 0 Å². The average molecular weight is 209 g/mol. The summed E-state index contributed by atoms with van der Waals surface area (Å²) in [7, 11) is 0. The number of allylic oxidation sites excluding steroid dienone is 14. The van der Waals surface area contributed by atoms with Crippen molar-refractivity contribution in [3.8, 4) is 0 Å². The van der Waals surface area contributed by atoms with Crippen LogP contribution in [0, 0.1) is 6.58 Å². The summed E-state index contributed by atoms with van der Waals surface area (Å²) in [6, 6.07) is 0. The third-order valence-electron chi connectivity index (χ3n) is 1.47. The van der Waals surface area contributed by atoms with Gasteiger partial charge in [0.2, 0.25) is 0 Å². The molecule has 0 nitrogen and oxygen atoms in total. The average Bonchev–Trinajstić information content (AvgIpc) is 2.31. The lowest BCUT2D eigenvalue weighted by atomic mass is 10.3. The molecule has 0 rings (SSSR count). The lowest BCUT2D eigenvalue weighted by Gasteiger charge is -1.74. The first-order chi connectivity index (χ1) is 7.91. The summed E-state index contributed by atoms with van der Waals surface area (Å²) >= 11 is 0. The van der Waals surface area contributed by atoms with E-state index in [-0.39, 0.29) is 0 Å². The van der Waals surface area contributed by atoms with Gasteiger partial charge in [-0.1, -0.05) is 98.2 Å². The predicted molar refractivity (Wildman–Crippen MR) is 73.9 cm³/mol. The first kappa shape index (κ1) is 13.9. The molecule has 0 aromatic carbocycles. The molecule has 0 unspecified atom stereocenters.